The van der Waals surface area contributed by atoms with Crippen molar-refractivity contribution in [3.8, 4) is 16.9 Å². The molecule has 0 unspecified atom stereocenters. The highest BCUT2D eigenvalue weighted by molar-refractivity contribution is 6.02. The van der Waals surface area contributed by atoms with E-state index in [0.29, 0.717) is 17.5 Å². The van der Waals surface area contributed by atoms with E-state index in [1.807, 2.05) is 6.08 Å². The Kier molecular flexibility index (Phi) is 4.29. The third kappa shape index (κ3) is 3.38. The SMILES string of the molecule is NC(=O)c1cc(C(F)(F)F)cc(-c2ccc(O)cc2)c1C1=CCCC1. The third-order valence-electron chi connectivity index (χ3n) is 4.27. The van der Waals surface area contributed by atoms with E-state index in [4.69, 9.17) is 5.73 Å². The maximum absolute atomic E-state index is 13.3. The van der Waals surface area contributed by atoms with Crippen LogP contribution in [-0.4, -0.2) is 11.0 Å². The number of carbonyl (C=O) groups is 1. The number of phenols is 1. The first-order valence-electron chi connectivity index (χ1n) is 7.81. The molecule has 0 atom stereocenters. The normalized spacial score (nSPS) is 14.4. The van der Waals surface area contributed by atoms with Crippen LogP contribution in [-0.2, 0) is 6.18 Å². The van der Waals surface area contributed by atoms with Crippen LogP contribution in [0.25, 0.3) is 16.7 Å². The van der Waals surface area contributed by atoms with E-state index >= 15 is 0 Å². The Hall–Kier alpha value is -2.76. The number of hydrogen-bond acceptors (Lipinski definition) is 2. The number of benzene rings is 2. The van der Waals surface area contributed by atoms with Gasteiger partial charge in [-0.15, -0.1) is 0 Å². The van der Waals surface area contributed by atoms with E-state index in [1.165, 1.54) is 24.3 Å². The van der Waals surface area contributed by atoms with Crippen molar-refractivity contribution >= 4 is 11.5 Å². The summed E-state index contributed by atoms with van der Waals surface area (Å²) in [5.41, 5.74) is 6.38. The first-order valence-corrected chi connectivity index (χ1v) is 7.81. The molecule has 1 aliphatic carbocycles. The first-order chi connectivity index (χ1) is 11.8. The average molecular weight is 347 g/mol. The molecule has 0 aromatic heterocycles. The molecular weight excluding hydrogens is 331 g/mol. The van der Waals surface area contributed by atoms with Gasteiger partial charge in [0.15, 0.2) is 0 Å². The second-order valence-corrected chi connectivity index (χ2v) is 5.98. The highest BCUT2D eigenvalue weighted by Gasteiger charge is 2.33. The third-order valence-corrected chi connectivity index (χ3v) is 4.27. The van der Waals surface area contributed by atoms with Gasteiger partial charge in [-0.1, -0.05) is 18.2 Å². The quantitative estimate of drug-likeness (QED) is 0.842. The van der Waals surface area contributed by atoms with Gasteiger partial charge in [0.1, 0.15) is 5.75 Å². The Morgan fingerprint density at radius 2 is 1.80 bits per heavy atom. The van der Waals surface area contributed by atoms with E-state index in [1.54, 1.807) is 0 Å². The molecule has 2 aromatic carbocycles. The van der Waals surface area contributed by atoms with Crippen molar-refractivity contribution in [2.24, 2.45) is 5.73 Å². The number of rotatable bonds is 3. The second-order valence-electron chi connectivity index (χ2n) is 5.98. The molecule has 130 valence electrons. The summed E-state index contributed by atoms with van der Waals surface area (Å²) in [6.07, 6.45) is -0.304. The highest BCUT2D eigenvalue weighted by Crippen LogP contribution is 2.41. The van der Waals surface area contributed by atoms with E-state index < -0.39 is 17.6 Å². The Balaban J connectivity index is 2.33. The molecule has 3 rings (SSSR count). The van der Waals surface area contributed by atoms with Crippen LogP contribution in [0.3, 0.4) is 0 Å². The minimum Gasteiger partial charge on any atom is -0.508 e. The summed E-state index contributed by atoms with van der Waals surface area (Å²) in [6.45, 7) is 0. The fraction of sp³-hybridized carbons (Fsp3) is 0.211. The zero-order chi connectivity index (χ0) is 18.2. The van der Waals surface area contributed by atoms with E-state index in [2.05, 4.69) is 0 Å². The number of aromatic hydroxyl groups is 1. The lowest BCUT2D eigenvalue weighted by molar-refractivity contribution is -0.137. The lowest BCUT2D eigenvalue weighted by Gasteiger charge is -2.18. The van der Waals surface area contributed by atoms with Crippen molar-refractivity contribution < 1.29 is 23.1 Å². The molecule has 2 aromatic rings. The summed E-state index contributed by atoms with van der Waals surface area (Å²) >= 11 is 0. The minimum atomic E-state index is -4.60. The summed E-state index contributed by atoms with van der Waals surface area (Å²) < 4.78 is 39.9. The number of carbonyl (C=O) groups excluding carboxylic acids is 1. The van der Waals surface area contributed by atoms with Crippen molar-refractivity contribution in [3.63, 3.8) is 0 Å². The van der Waals surface area contributed by atoms with Crippen molar-refractivity contribution in [1.82, 2.24) is 0 Å². The van der Waals surface area contributed by atoms with Crippen LogP contribution in [0.1, 0.15) is 40.7 Å². The molecule has 0 saturated carbocycles. The van der Waals surface area contributed by atoms with Crippen LogP contribution in [0.2, 0.25) is 0 Å². The van der Waals surface area contributed by atoms with Crippen LogP contribution in [0.15, 0.2) is 42.5 Å². The average Bonchev–Trinajstić information content (AvgIpc) is 3.07. The van der Waals surface area contributed by atoms with Crippen molar-refractivity contribution in [3.05, 3.63) is 59.2 Å². The van der Waals surface area contributed by atoms with Crippen molar-refractivity contribution in [2.75, 3.05) is 0 Å². The minimum absolute atomic E-state index is 0.00693. The number of phenolic OH excluding ortho intramolecular Hbond substituents is 1. The summed E-state index contributed by atoms with van der Waals surface area (Å²) in [5.74, 6) is -0.888. The molecule has 25 heavy (non-hydrogen) atoms. The number of alkyl halides is 3. The first kappa shape index (κ1) is 17.1. The summed E-state index contributed by atoms with van der Waals surface area (Å²) in [4.78, 5) is 11.9. The number of primary amides is 1. The predicted octanol–water partition coefficient (Wildman–Crippen LogP) is 4.74. The largest absolute Gasteiger partial charge is 0.508 e. The zero-order valence-electron chi connectivity index (χ0n) is 13.2. The molecule has 1 amide bonds. The number of allylic oxidation sites excluding steroid dienone is 2. The van der Waals surface area contributed by atoms with E-state index in [-0.39, 0.29) is 16.9 Å². The number of amides is 1. The number of nitrogens with two attached hydrogens (primary N) is 1. The van der Waals surface area contributed by atoms with Gasteiger partial charge in [0.05, 0.1) is 5.56 Å². The maximum Gasteiger partial charge on any atom is 0.416 e. The van der Waals surface area contributed by atoms with Gasteiger partial charge >= 0.3 is 6.18 Å². The summed E-state index contributed by atoms with van der Waals surface area (Å²) in [6, 6.07) is 7.69. The van der Waals surface area contributed by atoms with Gasteiger partial charge in [-0.2, -0.15) is 13.2 Å². The van der Waals surface area contributed by atoms with Gasteiger partial charge in [-0.25, -0.2) is 0 Å². The van der Waals surface area contributed by atoms with Gasteiger partial charge in [0.2, 0.25) is 5.91 Å². The van der Waals surface area contributed by atoms with Gasteiger partial charge in [0, 0.05) is 5.56 Å². The number of halogens is 3. The standard InChI is InChI=1S/C19H16F3NO2/c20-19(21,22)13-9-15(11-5-7-14(24)8-6-11)17(12-3-1-2-4-12)16(10-13)18(23)25/h3,5-10,24H,1-2,4H2,(H2,23,25). The lowest BCUT2D eigenvalue weighted by atomic mass is 9.87. The maximum atomic E-state index is 13.3. The topological polar surface area (TPSA) is 63.3 Å². The fourth-order valence-electron chi connectivity index (χ4n) is 3.11. The molecular formula is C19H16F3NO2. The predicted molar refractivity (Wildman–Crippen MR) is 88.9 cm³/mol. The van der Waals surface area contributed by atoms with Crippen LogP contribution in [0.5, 0.6) is 5.75 Å². The smallest absolute Gasteiger partial charge is 0.416 e. The van der Waals surface area contributed by atoms with Gasteiger partial charge in [0.25, 0.3) is 0 Å². The Morgan fingerprint density at radius 1 is 1.12 bits per heavy atom. The zero-order valence-corrected chi connectivity index (χ0v) is 13.2. The molecule has 0 fully saturated rings. The summed E-state index contributed by atoms with van der Waals surface area (Å²) in [7, 11) is 0. The highest BCUT2D eigenvalue weighted by atomic mass is 19.4. The van der Waals surface area contributed by atoms with Crippen molar-refractivity contribution in [1.29, 1.82) is 0 Å². The molecule has 1 aliphatic rings. The fourth-order valence-corrected chi connectivity index (χ4v) is 3.11. The molecule has 0 saturated heterocycles. The Morgan fingerprint density at radius 3 is 2.32 bits per heavy atom. The molecule has 3 nitrogen and oxygen atoms in total. The molecule has 6 heteroatoms. The lowest BCUT2D eigenvalue weighted by Crippen LogP contribution is -2.17. The Bertz CT molecular complexity index is 852. The Labute approximate surface area is 142 Å². The van der Waals surface area contributed by atoms with Crippen LogP contribution < -0.4 is 5.73 Å². The van der Waals surface area contributed by atoms with Crippen LogP contribution in [0.4, 0.5) is 13.2 Å². The molecule has 0 radical (unpaired) electrons. The monoisotopic (exact) mass is 347 g/mol. The van der Waals surface area contributed by atoms with E-state index in [9.17, 15) is 23.1 Å². The summed E-state index contributed by atoms with van der Waals surface area (Å²) in [5, 5.41) is 9.45. The molecule has 0 spiro atoms. The van der Waals surface area contributed by atoms with Gasteiger partial charge in [-0.3, -0.25) is 4.79 Å². The van der Waals surface area contributed by atoms with Crippen molar-refractivity contribution in [2.45, 2.75) is 25.4 Å². The number of hydrogen-bond donors (Lipinski definition) is 2. The van der Waals surface area contributed by atoms with Gasteiger partial charge < -0.3 is 10.8 Å². The van der Waals surface area contributed by atoms with Crippen LogP contribution in [0, 0.1) is 0 Å². The molecule has 0 bridgehead atoms. The van der Waals surface area contributed by atoms with E-state index in [0.717, 1.165) is 30.5 Å². The molecule has 0 aliphatic heterocycles. The molecule has 0 heterocycles. The second kappa shape index (κ2) is 6.27. The van der Waals surface area contributed by atoms with Gasteiger partial charge in [-0.05, 0) is 65.8 Å². The van der Waals surface area contributed by atoms with Crippen LogP contribution >= 0.6 is 0 Å². The molecule has 3 N–H and O–H groups in total.